The van der Waals surface area contributed by atoms with Gasteiger partial charge in [0.05, 0.1) is 0 Å². The summed E-state index contributed by atoms with van der Waals surface area (Å²) < 4.78 is 12.7. The Labute approximate surface area is 558 Å². The molecule has 0 bridgehead atoms. The van der Waals surface area contributed by atoms with Crippen molar-refractivity contribution < 1.29 is 432 Å². The maximum absolute atomic E-state index is 3.11. The van der Waals surface area contributed by atoms with Gasteiger partial charge >= 0.3 is 256 Å². The Bertz CT molecular complexity index is 654. The van der Waals surface area contributed by atoms with Crippen molar-refractivity contribution in [2.75, 3.05) is 0 Å². The summed E-state index contributed by atoms with van der Waals surface area (Å²) in [7, 11) is 0. The molecule has 0 aromatic rings. The van der Waals surface area contributed by atoms with E-state index in [9.17, 15) is 0 Å². The minimum Gasteiger partial charge on any atom is 0 e. The predicted octanol–water partition coefficient (Wildman–Crippen LogP) is 4.52. The van der Waals surface area contributed by atoms with Crippen LogP contribution in [0.25, 0.3) is 0 Å². The van der Waals surface area contributed by atoms with Crippen LogP contribution < -0.4 is 0 Å². The molecule has 0 atom stereocenters. The molecule has 0 radical (unpaired) electrons. The Morgan fingerprint density at radius 3 is 0.622 bits per heavy atom. The Morgan fingerprint density at radius 2 is 0.578 bits per heavy atom. The van der Waals surface area contributed by atoms with Crippen LogP contribution in [-0.2, 0) is 432 Å². The van der Waals surface area contributed by atoms with E-state index in [1.807, 2.05) is 0 Å². The van der Waals surface area contributed by atoms with Gasteiger partial charge < -0.3 is 0 Å². The average molecular weight is 4180 g/mol. The minimum absolute atomic E-state index is 0. The first-order valence-corrected chi connectivity index (χ1v) is 18.9. The third-order valence-corrected chi connectivity index (χ3v) is 16.5. The number of hydrogen-bond acceptors (Lipinski definition) is 0. The van der Waals surface area contributed by atoms with Gasteiger partial charge in [0, 0.05) is 316 Å². The van der Waals surface area contributed by atoms with Crippen LogP contribution in [0.3, 0.4) is 0 Å². The molecule has 0 amide bonds. The largest absolute Gasteiger partial charge is 0 e. The summed E-state index contributed by atoms with van der Waals surface area (Å²) in [5.74, 6) is 2.85. The zero-order valence-corrected chi connectivity index (χ0v) is 87.1. The molecule has 2 aliphatic rings. The topological polar surface area (TPSA) is 0 Å². The zero-order valence-electron chi connectivity index (χ0n) is 25.5. The first-order valence-electron chi connectivity index (χ1n) is 10.1. The van der Waals surface area contributed by atoms with Gasteiger partial charge in [-0.1, -0.05) is 0 Å². The molecule has 0 heterocycles. The number of rotatable bonds is 4. The molecule has 258 valence electrons. The van der Waals surface area contributed by atoms with Gasteiger partial charge in [0.2, 0.25) is 0 Å². The van der Waals surface area contributed by atoms with Crippen molar-refractivity contribution in [3.63, 3.8) is 0 Å². The molecule has 0 aromatic heterocycles. The molecule has 45 heavy (non-hydrogen) atoms. The molecule has 21 heteroatoms. The van der Waals surface area contributed by atoms with Crippen LogP contribution in [0.5, 0.6) is 0 Å². The Balaban J connectivity index is -0.0000000144. The molecule has 0 N–H and O–H groups in total. The van der Waals surface area contributed by atoms with Crippen LogP contribution in [0.2, 0.25) is 0 Å². The van der Waals surface area contributed by atoms with E-state index < -0.39 is 0 Å². The molecule has 0 aliphatic heterocycles. The maximum atomic E-state index is 3.11. The molecule has 0 spiro atoms. The van der Waals surface area contributed by atoms with E-state index in [0.717, 1.165) is 11.8 Å². The van der Waals surface area contributed by atoms with E-state index in [0.29, 0.717) is 11.8 Å². The molecule has 0 nitrogen and oxygen atoms in total. The second kappa shape index (κ2) is 74.6. The molecule has 2 aliphatic carbocycles. The smallest absolute Gasteiger partial charge is 0 e. The maximum Gasteiger partial charge on any atom is 0 e. The van der Waals surface area contributed by atoms with Crippen molar-refractivity contribution in [3.8, 4) is 0 Å². The molecular formula is C24H34W21-2. The summed E-state index contributed by atoms with van der Waals surface area (Å²) in [6.45, 7) is 17.6. The third-order valence-electron chi connectivity index (χ3n) is 3.87. The Hall–Kier alpha value is 13.2. The van der Waals surface area contributed by atoms with E-state index in [1.54, 1.807) is 104 Å². The van der Waals surface area contributed by atoms with Gasteiger partial charge in [0.1, 0.15) is 0 Å². The monoisotopic (exact) mass is 4190 g/mol. The van der Waals surface area contributed by atoms with Crippen molar-refractivity contribution in [1.82, 2.24) is 0 Å². The molecule has 0 aromatic carbocycles. The van der Waals surface area contributed by atoms with Crippen LogP contribution in [-0.4, -0.2) is 24.4 Å². The number of allylic oxidation sites excluding steroid dienone is 4. The standard InChI is InChI=1S/2C8H10.2C4H7.21W/c2*1-7(2)8-5-3-4-6-8;2*1-4(2)3;;;;;;;;;;;;;;;;;;;;;/h2*5,7H,6H2,1-2H3;2*4H,1-2H3;;;;;;;;;;;;;;;;;;;;;/q;;2*-1;;;;;;;;;;;;;;;;;;;;;. The van der Waals surface area contributed by atoms with Crippen LogP contribution in [0, 0.1) is 23.7 Å². The van der Waals surface area contributed by atoms with E-state index in [4.69, 9.17) is 0 Å². The quantitative estimate of drug-likeness (QED) is 0.364. The van der Waals surface area contributed by atoms with Crippen molar-refractivity contribution in [1.29, 1.82) is 0 Å². The van der Waals surface area contributed by atoms with Gasteiger partial charge in [-0.2, -0.15) is 0 Å². The van der Waals surface area contributed by atoms with E-state index >= 15 is 0 Å². The van der Waals surface area contributed by atoms with Crippen LogP contribution in [0.1, 0.15) is 68.2 Å². The van der Waals surface area contributed by atoms with Crippen molar-refractivity contribution >= 4 is 24.4 Å². The molecule has 0 saturated carbocycles. The Kier molecular flexibility index (Phi) is 186. The molecule has 2 rings (SSSR count). The zero-order chi connectivity index (χ0) is 24.0. The first kappa shape index (κ1) is 112. The van der Waals surface area contributed by atoms with Crippen LogP contribution in [0.4, 0.5) is 0 Å². The molecule has 0 unspecified atom stereocenters. The van der Waals surface area contributed by atoms with Gasteiger partial charge in [0.25, 0.3) is 0 Å². The van der Waals surface area contributed by atoms with Gasteiger partial charge in [-0.25, -0.2) is 0 Å². The van der Waals surface area contributed by atoms with Crippen molar-refractivity contribution in [2.24, 2.45) is 23.7 Å². The molecule has 0 saturated heterocycles. The van der Waals surface area contributed by atoms with Gasteiger partial charge in [0.15, 0.2) is 0 Å². The SMILES string of the molecule is CC(C)C1=C[C](=[W])[C](=[W])C1.CC(C)C1=C[C](=[W])[C](=[W])C1.CC(C)[C-]=[W].CC(C)[C-]=[W].[W].[W].[W].[W].[W].[W].[W].[W].[W].[W].[W].[W].[W].[W].[W]. The minimum atomic E-state index is 0. The van der Waals surface area contributed by atoms with E-state index in [1.165, 1.54) is 51.5 Å². The summed E-state index contributed by atoms with van der Waals surface area (Å²) >= 11 is 9.50. The van der Waals surface area contributed by atoms with Crippen molar-refractivity contribution in [3.05, 3.63) is 23.3 Å². The normalized spacial score (nSPS) is 10.1. The van der Waals surface area contributed by atoms with Gasteiger partial charge in [-0.3, -0.25) is 0 Å². The average Bonchev–Trinajstić information content (AvgIpc) is 3.18. The summed E-state index contributed by atoms with van der Waals surface area (Å²) in [5.41, 5.74) is 3.27. The summed E-state index contributed by atoms with van der Waals surface area (Å²) in [6.07, 6.45) is 7.32. The molecule has 0 fully saturated rings. The molecular weight excluding hydrogens is 4150 g/mol. The summed E-state index contributed by atoms with van der Waals surface area (Å²) in [4.78, 5) is 0. The fourth-order valence-corrected chi connectivity index (χ4v) is 5.11. The van der Waals surface area contributed by atoms with E-state index in [2.05, 4.69) is 76.3 Å². The second-order valence-corrected chi connectivity index (χ2v) is 16.6. The second-order valence-electron chi connectivity index (χ2n) is 8.22. The first-order chi connectivity index (χ1) is 13.8. The fraction of sp³-hybridized carbons (Fsp3) is 0.583. The van der Waals surface area contributed by atoms with Gasteiger partial charge in [-0.15, -0.1) is 0 Å². The van der Waals surface area contributed by atoms with Crippen molar-refractivity contribution in [2.45, 2.75) is 68.2 Å². The number of hydrogen-bond donors (Lipinski definition) is 0. The third kappa shape index (κ3) is 72.0. The van der Waals surface area contributed by atoms with Crippen LogP contribution in [0.15, 0.2) is 23.3 Å². The van der Waals surface area contributed by atoms with Crippen LogP contribution >= 0.6 is 0 Å². The predicted molar refractivity (Wildman–Crippen MR) is 115 cm³/mol. The summed E-state index contributed by atoms with van der Waals surface area (Å²) in [6, 6.07) is 0. The Morgan fingerprint density at radius 1 is 0.422 bits per heavy atom. The summed E-state index contributed by atoms with van der Waals surface area (Å²) in [5, 5.41) is 0. The van der Waals surface area contributed by atoms with E-state index in [-0.39, 0.29) is 316 Å². The fourth-order valence-electron chi connectivity index (χ4n) is 1.89. The van der Waals surface area contributed by atoms with Gasteiger partial charge in [-0.05, 0) is 0 Å².